The van der Waals surface area contributed by atoms with Crippen LogP contribution in [0.3, 0.4) is 0 Å². The third kappa shape index (κ3) is 4.55. The van der Waals surface area contributed by atoms with Crippen molar-refractivity contribution in [2.24, 2.45) is 4.99 Å². The summed E-state index contributed by atoms with van der Waals surface area (Å²) < 4.78 is 20.8. The molecule has 5 rings (SSSR count). The predicted molar refractivity (Wildman–Crippen MR) is 139 cm³/mol. The lowest BCUT2D eigenvalue weighted by Gasteiger charge is -2.25. The topological polar surface area (TPSA) is 60.7 Å². The molecule has 1 atom stereocenters. The molecule has 1 aromatic heterocycles. The smallest absolute Gasteiger partial charge is 0.338 e. The molecular weight excluding hydrogens is 499 g/mol. The zero-order valence-electron chi connectivity index (χ0n) is 19.2. The van der Waals surface area contributed by atoms with E-state index in [9.17, 15) is 14.0 Å². The number of rotatable bonds is 5. The highest BCUT2D eigenvalue weighted by atomic mass is 35.5. The average molecular weight is 519 g/mol. The van der Waals surface area contributed by atoms with E-state index in [4.69, 9.17) is 21.3 Å². The van der Waals surface area contributed by atoms with Crippen LogP contribution in [-0.4, -0.2) is 17.1 Å². The summed E-state index contributed by atoms with van der Waals surface area (Å²) in [5, 5.41) is 0.535. The van der Waals surface area contributed by atoms with Crippen molar-refractivity contribution in [3.8, 4) is 0 Å². The van der Waals surface area contributed by atoms with Gasteiger partial charge in [0.25, 0.3) is 5.56 Å². The van der Waals surface area contributed by atoms with Gasteiger partial charge in [0, 0.05) is 10.6 Å². The fraction of sp³-hybridized carbons (Fsp3) is 0.107. The van der Waals surface area contributed by atoms with Crippen LogP contribution >= 0.6 is 22.9 Å². The molecule has 0 saturated carbocycles. The lowest BCUT2D eigenvalue weighted by Crippen LogP contribution is -2.40. The molecule has 0 unspecified atom stereocenters. The summed E-state index contributed by atoms with van der Waals surface area (Å²) in [7, 11) is 0. The summed E-state index contributed by atoms with van der Waals surface area (Å²) in [6.07, 6.45) is 1.69. The third-order valence-electron chi connectivity index (χ3n) is 5.73. The van der Waals surface area contributed by atoms with Crippen molar-refractivity contribution < 1.29 is 13.9 Å². The molecule has 0 amide bonds. The van der Waals surface area contributed by atoms with Crippen LogP contribution in [0.4, 0.5) is 4.39 Å². The van der Waals surface area contributed by atoms with Crippen LogP contribution in [-0.2, 0) is 9.53 Å². The molecule has 180 valence electrons. The molecule has 8 heteroatoms. The second-order valence-electron chi connectivity index (χ2n) is 8.03. The zero-order valence-corrected chi connectivity index (χ0v) is 20.7. The van der Waals surface area contributed by atoms with Gasteiger partial charge in [0.15, 0.2) is 4.80 Å². The molecule has 3 aromatic carbocycles. The molecule has 2 heterocycles. The van der Waals surface area contributed by atoms with Gasteiger partial charge in [0.2, 0.25) is 0 Å². The van der Waals surface area contributed by atoms with Gasteiger partial charge in [-0.25, -0.2) is 14.2 Å². The Balaban J connectivity index is 1.82. The molecule has 5 nitrogen and oxygen atoms in total. The minimum Gasteiger partial charge on any atom is -0.463 e. The summed E-state index contributed by atoms with van der Waals surface area (Å²) in [5.74, 6) is -0.907. The van der Waals surface area contributed by atoms with Gasteiger partial charge in [-0.1, -0.05) is 77.5 Å². The Morgan fingerprint density at radius 2 is 1.78 bits per heavy atom. The van der Waals surface area contributed by atoms with Gasteiger partial charge in [-0.3, -0.25) is 9.36 Å². The normalized spacial score (nSPS) is 15.4. The summed E-state index contributed by atoms with van der Waals surface area (Å²) in [5.41, 5.74) is 2.51. The van der Waals surface area contributed by atoms with Gasteiger partial charge in [-0.15, -0.1) is 0 Å². The van der Waals surface area contributed by atoms with E-state index in [2.05, 4.69) is 0 Å². The van der Waals surface area contributed by atoms with Crippen molar-refractivity contribution in [3.05, 3.63) is 132 Å². The number of nitrogens with zero attached hydrogens (tertiary/aromatic N) is 2. The largest absolute Gasteiger partial charge is 0.463 e. The molecule has 0 spiro atoms. The van der Waals surface area contributed by atoms with Crippen LogP contribution in [0.1, 0.15) is 29.7 Å². The van der Waals surface area contributed by atoms with E-state index in [0.717, 1.165) is 5.56 Å². The second-order valence-corrected chi connectivity index (χ2v) is 9.48. The number of hydrogen-bond donors (Lipinski definition) is 0. The lowest BCUT2D eigenvalue weighted by atomic mass is 9.93. The minimum atomic E-state index is -0.775. The number of halogens is 2. The van der Waals surface area contributed by atoms with E-state index < -0.39 is 12.0 Å². The third-order valence-corrected chi connectivity index (χ3v) is 6.96. The van der Waals surface area contributed by atoms with Gasteiger partial charge in [0.1, 0.15) is 5.82 Å². The molecule has 0 bridgehead atoms. The molecule has 1 aliphatic heterocycles. The quantitative estimate of drug-likeness (QED) is 0.359. The van der Waals surface area contributed by atoms with Gasteiger partial charge < -0.3 is 4.74 Å². The fourth-order valence-electron chi connectivity index (χ4n) is 4.11. The van der Waals surface area contributed by atoms with Crippen LogP contribution in [0.5, 0.6) is 0 Å². The Hall–Kier alpha value is -3.81. The van der Waals surface area contributed by atoms with E-state index in [-0.39, 0.29) is 23.6 Å². The highest BCUT2D eigenvalue weighted by Gasteiger charge is 2.35. The number of fused-ring (bicyclic) bond motifs is 1. The van der Waals surface area contributed by atoms with Gasteiger partial charge in [0.05, 0.1) is 28.5 Å². The monoisotopic (exact) mass is 518 g/mol. The van der Waals surface area contributed by atoms with E-state index in [1.165, 1.54) is 28.0 Å². The SMILES string of the molecule is CCOC(=O)C1=C(c2ccccc2)N=c2s/c(=C\c3ccc(F)cc3)c(=O)n2[C@@H]1c1ccc(Cl)cc1. The van der Waals surface area contributed by atoms with Crippen molar-refractivity contribution in [2.45, 2.75) is 13.0 Å². The molecule has 0 aliphatic carbocycles. The van der Waals surface area contributed by atoms with Crippen molar-refractivity contribution in [2.75, 3.05) is 6.61 Å². The van der Waals surface area contributed by atoms with Crippen LogP contribution in [0.25, 0.3) is 11.8 Å². The number of aromatic nitrogens is 1. The van der Waals surface area contributed by atoms with E-state index in [1.54, 1.807) is 49.4 Å². The Bertz CT molecular complexity index is 1640. The highest BCUT2D eigenvalue weighted by Crippen LogP contribution is 2.35. The molecule has 0 radical (unpaired) electrons. The fourth-order valence-corrected chi connectivity index (χ4v) is 5.24. The minimum absolute atomic E-state index is 0.173. The van der Waals surface area contributed by atoms with Crippen LogP contribution in [0, 0.1) is 5.82 Å². The standard InChI is InChI=1S/C28H20ClFN2O3S/c1-2-35-27(34)23-24(18-6-4-3-5-7-18)31-28-32(25(23)19-10-12-20(29)13-11-19)26(33)22(36-28)16-17-8-14-21(30)15-9-17/h3-16,25H,2H2,1H3/b22-16-/t25-/m1/s1. The molecular formula is C28H20ClFN2O3S. The molecule has 4 aromatic rings. The summed E-state index contributed by atoms with van der Waals surface area (Å²) in [4.78, 5) is 32.3. The van der Waals surface area contributed by atoms with Crippen molar-refractivity contribution >= 4 is 40.7 Å². The lowest BCUT2D eigenvalue weighted by molar-refractivity contribution is -0.138. The molecule has 36 heavy (non-hydrogen) atoms. The summed E-state index contributed by atoms with van der Waals surface area (Å²) in [6, 6.07) is 21.5. The number of esters is 1. The summed E-state index contributed by atoms with van der Waals surface area (Å²) in [6.45, 7) is 1.91. The van der Waals surface area contributed by atoms with Crippen molar-refractivity contribution in [1.82, 2.24) is 4.57 Å². The maximum absolute atomic E-state index is 13.7. The molecule has 0 saturated heterocycles. The number of ether oxygens (including phenoxy) is 1. The van der Waals surface area contributed by atoms with Gasteiger partial charge in [-0.05, 0) is 48.4 Å². The van der Waals surface area contributed by atoms with Crippen molar-refractivity contribution in [3.63, 3.8) is 0 Å². The Labute approximate surface area is 215 Å². The Kier molecular flexibility index (Phi) is 6.67. The number of carbonyl (C=O) groups is 1. The van der Waals surface area contributed by atoms with Crippen LogP contribution in [0.15, 0.2) is 94.2 Å². The number of carbonyl (C=O) groups excluding carboxylic acids is 1. The maximum atomic E-state index is 13.7. The summed E-state index contributed by atoms with van der Waals surface area (Å²) >= 11 is 7.35. The van der Waals surface area contributed by atoms with Crippen LogP contribution in [0.2, 0.25) is 5.02 Å². The zero-order chi connectivity index (χ0) is 25.2. The first kappa shape index (κ1) is 23.9. The van der Waals surface area contributed by atoms with E-state index >= 15 is 0 Å². The maximum Gasteiger partial charge on any atom is 0.338 e. The van der Waals surface area contributed by atoms with Crippen LogP contribution < -0.4 is 14.9 Å². The first-order valence-electron chi connectivity index (χ1n) is 11.3. The molecule has 1 aliphatic rings. The number of hydrogen-bond acceptors (Lipinski definition) is 5. The van der Waals surface area contributed by atoms with Crippen molar-refractivity contribution in [1.29, 1.82) is 0 Å². The average Bonchev–Trinajstić information content (AvgIpc) is 3.20. The first-order valence-corrected chi connectivity index (χ1v) is 12.4. The van der Waals surface area contributed by atoms with Gasteiger partial charge >= 0.3 is 5.97 Å². The van der Waals surface area contributed by atoms with Gasteiger partial charge in [-0.2, -0.15) is 0 Å². The van der Waals surface area contributed by atoms with E-state index in [1.807, 2.05) is 30.3 Å². The number of thiazole rings is 1. The Morgan fingerprint density at radius 3 is 2.44 bits per heavy atom. The Morgan fingerprint density at radius 1 is 1.08 bits per heavy atom. The molecule has 0 fully saturated rings. The highest BCUT2D eigenvalue weighted by molar-refractivity contribution is 7.07. The second kappa shape index (κ2) is 10.0. The number of benzene rings is 3. The molecule has 0 N–H and O–H groups in total. The predicted octanol–water partition coefficient (Wildman–Crippen LogP) is 4.73. The first-order chi connectivity index (χ1) is 17.5. The van der Waals surface area contributed by atoms with E-state index in [0.29, 0.717) is 31.2 Å².